The van der Waals surface area contributed by atoms with Gasteiger partial charge in [-0.3, -0.25) is 0 Å². The predicted molar refractivity (Wildman–Crippen MR) is 42.1 cm³/mol. The molecular weight excluding hydrogens is 299 g/mol. The van der Waals surface area contributed by atoms with Crippen molar-refractivity contribution in [3.63, 3.8) is 0 Å². The van der Waals surface area contributed by atoms with E-state index >= 15 is 0 Å². The molecule has 0 atom stereocenters. The van der Waals surface area contributed by atoms with Crippen LogP contribution in [-0.2, 0) is 9.53 Å². The zero-order valence-corrected chi connectivity index (χ0v) is 9.30. The summed E-state index contributed by atoms with van der Waals surface area (Å²) < 4.78 is 114. The minimum Gasteiger partial charge on any atom is -0.458 e. The molecule has 0 radical (unpaired) electrons. The summed E-state index contributed by atoms with van der Waals surface area (Å²) in [6, 6.07) is 0. The second-order valence-electron chi connectivity index (χ2n) is 3.68. The monoisotopic (exact) mass is 306 g/mol. The number of hydrogen-bond acceptors (Lipinski definition) is 2. The molecule has 0 aliphatic heterocycles. The van der Waals surface area contributed by atoms with Gasteiger partial charge in [0, 0.05) is 0 Å². The van der Waals surface area contributed by atoms with Crippen molar-refractivity contribution in [3.05, 3.63) is 0 Å². The zero-order chi connectivity index (χ0) is 15.9. The lowest BCUT2D eigenvalue weighted by molar-refractivity contribution is -0.391. The van der Waals surface area contributed by atoms with Gasteiger partial charge in [0.1, 0.15) is 0 Å². The van der Waals surface area contributed by atoms with Gasteiger partial charge in [-0.25, -0.2) is 4.79 Å². The number of ether oxygens (including phenoxy) is 1. The van der Waals surface area contributed by atoms with E-state index in [9.17, 15) is 44.3 Å². The Morgan fingerprint density at radius 1 is 0.842 bits per heavy atom. The molecule has 0 unspecified atom stereocenters. The smallest absolute Gasteiger partial charge is 0.458 e. The molecule has 114 valence electrons. The van der Waals surface area contributed by atoms with E-state index in [-0.39, 0.29) is 0 Å². The lowest BCUT2D eigenvalue weighted by Crippen LogP contribution is -2.63. The van der Waals surface area contributed by atoms with Crippen molar-refractivity contribution >= 4 is 5.97 Å². The van der Waals surface area contributed by atoms with Gasteiger partial charge < -0.3 is 4.74 Å². The second-order valence-corrected chi connectivity index (χ2v) is 3.68. The summed E-state index contributed by atoms with van der Waals surface area (Å²) in [4.78, 5) is 10.5. The lowest BCUT2D eigenvalue weighted by atomic mass is 10.0. The molecule has 0 rings (SSSR count). The Bertz CT molecular complexity index is 345. The third kappa shape index (κ3) is 2.89. The summed E-state index contributed by atoms with van der Waals surface area (Å²) in [5.74, 6) is -23.6. The van der Waals surface area contributed by atoms with Crippen LogP contribution < -0.4 is 0 Å². The van der Waals surface area contributed by atoms with Crippen LogP contribution in [0.4, 0.5) is 39.5 Å². The van der Waals surface area contributed by atoms with Crippen LogP contribution in [0.15, 0.2) is 0 Å². The van der Waals surface area contributed by atoms with E-state index in [0.29, 0.717) is 0 Å². The van der Waals surface area contributed by atoms with Crippen LogP contribution in [0.3, 0.4) is 0 Å². The molecule has 0 fully saturated rings. The fraction of sp³-hybridized carbons (Fsp3) is 0.875. The highest BCUT2D eigenvalue weighted by molar-refractivity contribution is 5.79. The molecule has 0 aliphatic rings. The molecule has 0 saturated heterocycles. The van der Waals surface area contributed by atoms with Gasteiger partial charge >= 0.3 is 29.9 Å². The first-order valence-electron chi connectivity index (χ1n) is 4.50. The number of halogens is 9. The van der Waals surface area contributed by atoms with Gasteiger partial charge in [-0.15, -0.1) is 0 Å². The lowest BCUT2D eigenvalue weighted by Gasteiger charge is -2.32. The van der Waals surface area contributed by atoms with Crippen LogP contribution in [0.25, 0.3) is 0 Å². The minimum absolute atomic E-state index is 0.911. The number of esters is 1. The first kappa shape index (κ1) is 17.8. The molecule has 0 aromatic carbocycles. The van der Waals surface area contributed by atoms with Gasteiger partial charge in [-0.05, 0) is 13.8 Å². The highest BCUT2D eigenvalue weighted by Gasteiger charge is 2.84. The Labute approximate surface area is 100 Å². The summed E-state index contributed by atoms with van der Waals surface area (Å²) in [7, 11) is 0. The van der Waals surface area contributed by atoms with Crippen molar-refractivity contribution in [2.45, 2.75) is 43.9 Å². The first-order valence-corrected chi connectivity index (χ1v) is 4.50. The highest BCUT2D eigenvalue weighted by Crippen LogP contribution is 2.53. The predicted octanol–water partition coefficient (Wildman–Crippen LogP) is 3.41. The molecule has 0 N–H and O–H groups in total. The normalized spacial score (nSPS) is 14.7. The van der Waals surface area contributed by atoms with Crippen LogP contribution in [0, 0.1) is 0 Å². The van der Waals surface area contributed by atoms with E-state index in [1.165, 1.54) is 0 Å². The van der Waals surface area contributed by atoms with Gasteiger partial charge in [-0.1, -0.05) is 0 Å². The fourth-order valence-electron chi connectivity index (χ4n) is 0.791. The van der Waals surface area contributed by atoms with Crippen LogP contribution in [0.2, 0.25) is 0 Å². The van der Waals surface area contributed by atoms with Gasteiger partial charge in [-0.2, -0.15) is 39.5 Å². The molecule has 0 heterocycles. The SMILES string of the molecule is CC(C)OC(=O)C(F)(F)C(F)(F)C(F)(F)C(F)(F)F. The van der Waals surface area contributed by atoms with Gasteiger partial charge in [0.05, 0.1) is 6.10 Å². The molecule has 11 heteroatoms. The minimum atomic E-state index is -7.10. The van der Waals surface area contributed by atoms with E-state index in [0.717, 1.165) is 13.8 Å². The number of carbonyl (C=O) groups excluding carboxylic acids is 1. The molecular formula is C8H7F9O2. The Morgan fingerprint density at radius 3 is 1.47 bits per heavy atom. The maximum absolute atomic E-state index is 12.8. The van der Waals surface area contributed by atoms with Gasteiger partial charge in [0.15, 0.2) is 0 Å². The van der Waals surface area contributed by atoms with Crippen molar-refractivity contribution < 1.29 is 49.0 Å². The fourth-order valence-corrected chi connectivity index (χ4v) is 0.791. The number of rotatable bonds is 4. The van der Waals surface area contributed by atoms with Gasteiger partial charge in [0.2, 0.25) is 0 Å². The maximum Gasteiger partial charge on any atom is 0.460 e. The van der Waals surface area contributed by atoms with E-state index in [1.54, 1.807) is 0 Å². The molecule has 2 nitrogen and oxygen atoms in total. The Kier molecular flexibility index (Phi) is 4.46. The molecule has 0 bridgehead atoms. The molecule has 0 aromatic rings. The zero-order valence-electron chi connectivity index (χ0n) is 9.30. The van der Waals surface area contributed by atoms with E-state index in [1.807, 2.05) is 0 Å². The van der Waals surface area contributed by atoms with Crippen molar-refractivity contribution in [1.29, 1.82) is 0 Å². The highest BCUT2D eigenvalue weighted by atomic mass is 19.4. The molecule has 0 aromatic heterocycles. The van der Waals surface area contributed by atoms with E-state index < -0.39 is 36.0 Å². The molecule has 0 aliphatic carbocycles. The van der Waals surface area contributed by atoms with Crippen molar-refractivity contribution in [1.82, 2.24) is 0 Å². The Hall–Kier alpha value is -1.16. The quantitative estimate of drug-likeness (QED) is 0.588. The number of carbonyl (C=O) groups is 1. The van der Waals surface area contributed by atoms with Crippen LogP contribution in [0.5, 0.6) is 0 Å². The van der Waals surface area contributed by atoms with E-state index in [2.05, 4.69) is 4.74 Å². The van der Waals surface area contributed by atoms with Crippen molar-refractivity contribution in [2.75, 3.05) is 0 Å². The second kappa shape index (κ2) is 4.75. The standard InChI is InChI=1S/C8H7F9O2/c1-3(2)19-4(18)5(9,10)6(11,12)7(13,14)8(15,16)17/h3H,1-2H3. The summed E-state index contributed by atoms with van der Waals surface area (Å²) >= 11 is 0. The largest absolute Gasteiger partial charge is 0.460 e. The summed E-state index contributed by atoms with van der Waals surface area (Å²) in [6.07, 6.45) is -8.37. The van der Waals surface area contributed by atoms with E-state index in [4.69, 9.17) is 0 Å². The molecule has 0 amide bonds. The van der Waals surface area contributed by atoms with Gasteiger partial charge in [0.25, 0.3) is 0 Å². The van der Waals surface area contributed by atoms with Crippen LogP contribution in [-0.4, -0.2) is 36.0 Å². The molecule has 19 heavy (non-hydrogen) atoms. The number of hydrogen-bond donors (Lipinski definition) is 0. The van der Waals surface area contributed by atoms with Crippen LogP contribution in [0.1, 0.15) is 13.8 Å². The maximum atomic E-state index is 12.8. The number of alkyl halides is 9. The van der Waals surface area contributed by atoms with Crippen LogP contribution >= 0.6 is 0 Å². The summed E-state index contributed by atoms with van der Waals surface area (Å²) in [6.45, 7) is 1.82. The Balaban J connectivity index is 5.57. The topological polar surface area (TPSA) is 26.3 Å². The summed E-state index contributed by atoms with van der Waals surface area (Å²) in [5, 5.41) is 0. The summed E-state index contributed by atoms with van der Waals surface area (Å²) in [5.41, 5.74) is 0. The Morgan fingerprint density at radius 2 is 1.21 bits per heavy atom. The van der Waals surface area contributed by atoms with Crippen molar-refractivity contribution in [2.24, 2.45) is 0 Å². The molecule has 0 saturated carbocycles. The third-order valence-corrected chi connectivity index (χ3v) is 1.74. The first-order chi connectivity index (χ1) is 8.09. The average Bonchev–Trinajstić information content (AvgIpc) is 2.13. The average molecular weight is 306 g/mol. The van der Waals surface area contributed by atoms with Crippen molar-refractivity contribution in [3.8, 4) is 0 Å². The molecule has 0 spiro atoms. The third-order valence-electron chi connectivity index (χ3n) is 1.74.